The second-order valence-corrected chi connectivity index (χ2v) is 7.48. The minimum Gasteiger partial charge on any atom is -0.354 e. The molecule has 4 heteroatoms. The number of nitrogens with zero attached hydrogens (tertiary/aromatic N) is 1. The molecular weight excluding hydrogens is 339 g/mol. The van der Waals surface area contributed by atoms with Gasteiger partial charge in [-0.1, -0.05) is 48.9 Å². The van der Waals surface area contributed by atoms with Gasteiger partial charge in [0.2, 0.25) is 5.91 Å². The number of hydrogen-bond donors (Lipinski definition) is 1. The van der Waals surface area contributed by atoms with Gasteiger partial charge in [-0.3, -0.25) is 9.69 Å². The second kappa shape index (κ2) is 9.65. The number of benzene rings is 2. The summed E-state index contributed by atoms with van der Waals surface area (Å²) in [7, 11) is 0. The fraction of sp³-hybridized carbons (Fsp3) is 0.435. The van der Waals surface area contributed by atoms with Crippen LogP contribution >= 0.6 is 0 Å². The molecule has 0 aromatic heterocycles. The molecule has 1 fully saturated rings. The number of amides is 1. The van der Waals surface area contributed by atoms with Crippen LogP contribution in [0.25, 0.3) is 0 Å². The van der Waals surface area contributed by atoms with Crippen molar-refractivity contribution in [1.82, 2.24) is 10.2 Å². The van der Waals surface area contributed by atoms with E-state index in [0.29, 0.717) is 19.0 Å². The van der Waals surface area contributed by atoms with Crippen molar-refractivity contribution in [2.45, 2.75) is 44.6 Å². The highest BCUT2D eigenvalue weighted by molar-refractivity contribution is 5.84. The number of halogens is 1. The van der Waals surface area contributed by atoms with E-state index in [-0.39, 0.29) is 17.6 Å². The average molecular weight is 368 g/mol. The van der Waals surface area contributed by atoms with Crippen LogP contribution in [0.2, 0.25) is 0 Å². The first-order valence-electron chi connectivity index (χ1n) is 9.94. The molecule has 1 saturated heterocycles. The molecule has 2 aromatic rings. The molecule has 0 bridgehead atoms. The molecule has 2 aromatic carbocycles. The maximum Gasteiger partial charge on any atom is 0.227 e. The van der Waals surface area contributed by atoms with Crippen molar-refractivity contribution in [2.24, 2.45) is 0 Å². The highest BCUT2D eigenvalue weighted by Crippen LogP contribution is 2.22. The van der Waals surface area contributed by atoms with Gasteiger partial charge in [0.15, 0.2) is 0 Å². The molecule has 27 heavy (non-hydrogen) atoms. The molecule has 0 spiro atoms. The zero-order valence-corrected chi connectivity index (χ0v) is 16.0. The maximum atomic E-state index is 13.3. The number of nitrogens with one attached hydrogen (secondary N) is 1. The molecule has 0 aliphatic carbocycles. The normalized spacial score (nSPS) is 17.3. The topological polar surface area (TPSA) is 32.3 Å². The first-order chi connectivity index (χ1) is 13.1. The van der Waals surface area contributed by atoms with E-state index in [1.165, 1.54) is 31.4 Å². The summed E-state index contributed by atoms with van der Waals surface area (Å²) in [6, 6.07) is 16.6. The zero-order valence-electron chi connectivity index (χ0n) is 16.0. The summed E-state index contributed by atoms with van der Waals surface area (Å²) >= 11 is 0. The van der Waals surface area contributed by atoms with Gasteiger partial charge in [-0.15, -0.1) is 0 Å². The van der Waals surface area contributed by atoms with Crippen molar-refractivity contribution < 1.29 is 9.18 Å². The van der Waals surface area contributed by atoms with E-state index in [4.69, 9.17) is 0 Å². The van der Waals surface area contributed by atoms with E-state index in [2.05, 4.69) is 17.1 Å². The molecule has 0 saturated carbocycles. The predicted molar refractivity (Wildman–Crippen MR) is 107 cm³/mol. The smallest absolute Gasteiger partial charge is 0.227 e. The van der Waals surface area contributed by atoms with E-state index in [9.17, 15) is 9.18 Å². The molecule has 144 valence electrons. The molecule has 1 aliphatic rings. The van der Waals surface area contributed by atoms with Crippen molar-refractivity contribution >= 4 is 5.91 Å². The van der Waals surface area contributed by atoms with Crippen molar-refractivity contribution in [3.8, 4) is 0 Å². The van der Waals surface area contributed by atoms with Crippen molar-refractivity contribution in [3.05, 3.63) is 71.5 Å². The van der Waals surface area contributed by atoms with Gasteiger partial charge in [-0.05, 0) is 62.5 Å². The molecule has 1 aliphatic heterocycles. The Morgan fingerprint density at radius 1 is 1.04 bits per heavy atom. The van der Waals surface area contributed by atoms with E-state index in [0.717, 1.165) is 24.2 Å². The summed E-state index contributed by atoms with van der Waals surface area (Å²) < 4.78 is 13.3. The Bertz CT molecular complexity index is 711. The minimum atomic E-state index is -0.318. The summed E-state index contributed by atoms with van der Waals surface area (Å²) in [5.74, 6) is -0.591. The molecule has 1 amide bonds. The number of carbonyl (C=O) groups is 1. The molecule has 1 heterocycles. The third-order valence-electron chi connectivity index (χ3n) is 5.46. The highest BCUT2D eigenvalue weighted by atomic mass is 19.1. The predicted octanol–water partition coefficient (Wildman–Crippen LogP) is 4.14. The fourth-order valence-electron chi connectivity index (χ4n) is 3.77. The van der Waals surface area contributed by atoms with Crippen LogP contribution in [0.4, 0.5) is 4.39 Å². The van der Waals surface area contributed by atoms with Gasteiger partial charge in [0.25, 0.3) is 0 Å². The van der Waals surface area contributed by atoms with Crippen LogP contribution in [0.3, 0.4) is 0 Å². The van der Waals surface area contributed by atoms with Gasteiger partial charge in [-0.2, -0.15) is 0 Å². The lowest BCUT2D eigenvalue weighted by Crippen LogP contribution is -2.45. The van der Waals surface area contributed by atoms with Gasteiger partial charge >= 0.3 is 0 Å². The summed E-state index contributed by atoms with van der Waals surface area (Å²) in [6.45, 7) is 5.05. The molecule has 3 rings (SSSR count). The number of piperidine rings is 1. The van der Waals surface area contributed by atoms with Crippen LogP contribution in [0, 0.1) is 5.82 Å². The Hall–Kier alpha value is -2.20. The van der Waals surface area contributed by atoms with Gasteiger partial charge in [0.05, 0.1) is 5.92 Å². The molecule has 1 N–H and O–H groups in total. The lowest BCUT2D eigenvalue weighted by molar-refractivity contribution is -0.122. The van der Waals surface area contributed by atoms with Gasteiger partial charge in [0.1, 0.15) is 5.82 Å². The van der Waals surface area contributed by atoms with Crippen molar-refractivity contribution in [2.75, 3.05) is 19.6 Å². The Labute approximate surface area is 161 Å². The van der Waals surface area contributed by atoms with Crippen LogP contribution < -0.4 is 5.32 Å². The number of rotatable bonds is 7. The van der Waals surface area contributed by atoms with E-state index < -0.39 is 0 Å². The third kappa shape index (κ3) is 5.64. The fourth-order valence-corrected chi connectivity index (χ4v) is 3.77. The molecule has 2 unspecified atom stereocenters. The number of carbonyl (C=O) groups excluding carboxylic acids is 1. The van der Waals surface area contributed by atoms with Crippen LogP contribution in [0.15, 0.2) is 54.6 Å². The summed E-state index contributed by atoms with van der Waals surface area (Å²) in [6.07, 6.45) is 4.39. The quantitative estimate of drug-likeness (QED) is 0.796. The van der Waals surface area contributed by atoms with Crippen LogP contribution in [0.5, 0.6) is 0 Å². The Morgan fingerprint density at radius 2 is 1.70 bits per heavy atom. The van der Waals surface area contributed by atoms with Crippen LogP contribution in [0.1, 0.15) is 43.2 Å². The standard InChI is InChI=1S/C23H29FN2O/c1-18(26-14-6-3-7-15-26)17-25-23(27)22(16-19-8-4-2-5-9-19)20-10-12-21(24)13-11-20/h2,4-5,8-13,18,22H,3,6-7,14-17H2,1H3,(H,25,27). The molecule has 3 nitrogen and oxygen atoms in total. The lowest BCUT2D eigenvalue weighted by Gasteiger charge is -2.32. The van der Waals surface area contributed by atoms with Gasteiger partial charge in [0, 0.05) is 12.6 Å². The molecule has 2 atom stereocenters. The SMILES string of the molecule is CC(CNC(=O)C(Cc1ccccc1)c1ccc(F)cc1)N1CCCCC1. The lowest BCUT2D eigenvalue weighted by atomic mass is 9.91. The van der Waals surface area contributed by atoms with Gasteiger partial charge in [-0.25, -0.2) is 4.39 Å². The zero-order chi connectivity index (χ0) is 19.1. The van der Waals surface area contributed by atoms with E-state index in [1.54, 1.807) is 12.1 Å². The van der Waals surface area contributed by atoms with E-state index >= 15 is 0 Å². The van der Waals surface area contributed by atoms with Crippen molar-refractivity contribution in [1.29, 1.82) is 0 Å². The Morgan fingerprint density at radius 3 is 2.37 bits per heavy atom. The first-order valence-corrected chi connectivity index (χ1v) is 9.94. The van der Waals surface area contributed by atoms with Crippen LogP contribution in [-0.2, 0) is 11.2 Å². The minimum absolute atomic E-state index is 0.00863. The van der Waals surface area contributed by atoms with E-state index in [1.807, 2.05) is 30.3 Å². The largest absolute Gasteiger partial charge is 0.354 e. The Kier molecular flexibility index (Phi) is 6.99. The summed E-state index contributed by atoms with van der Waals surface area (Å²) in [4.78, 5) is 15.4. The number of hydrogen-bond acceptors (Lipinski definition) is 2. The summed E-state index contributed by atoms with van der Waals surface area (Å²) in [5, 5.41) is 3.14. The Balaban J connectivity index is 1.67. The third-order valence-corrected chi connectivity index (χ3v) is 5.46. The second-order valence-electron chi connectivity index (χ2n) is 7.48. The highest BCUT2D eigenvalue weighted by Gasteiger charge is 2.23. The number of likely N-dealkylation sites (tertiary alicyclic amines) is 1. The molecular formula is C23H29FN2O. The first kappa shape index (κ1) is 19.6. The van der Waals surface area contributed by atoms with Crippen LogP contribution in [-0.4, -0.2) is 36.5 Å². The average Bonchev–Trinajstić information content (AvgIpc) is 2.72. The maximum absolute atomic E-state index is 13.3. The van der Waals surface area contributed by atoms with Gasteiger partial charge < -0.3 is 5.32 Å². The monoisotopic (exact) mass is 368 g/mol. The summed E-state index contributed by atoms with van der Waals surface area (Å²) in [5.41, 5.74) is 1.95. The van der Waals surface area contributed by atoms with Crippen molar-refractivity contribution in [3.63, 3.8) is 0 Å². The molecule has 0 radical (unpaired) electrons.